The van der Waals surface area contributed by atoms with Gasteiger partial charge in [-0.25, -0.2) is 0 Å². The van der Waals surface area contributed by atoms with Gasteiger partial charge in [0.05, 0.1) is 12.8 Å². The first-order valence-electron chi connectivity index (χ1n) is 3.45. The molecule has 0 N–H and O–H groups in total. The van der Waals surface area contributed by atoms with Crippen LogP contribution in [0.4, 0.5) is 0 Å². The average Bonchev–Trinajstić information content (AvgIpc) is 1.80. The Hall–Kier alpha value is -0.610. The zero-order valence-electron chi connectivity index (χ0n) is 6.88. The van der Waals surface area contributed by atoms with Gasteiger partial charge in [-0.05, 0) is 23.2 Å². The lowest BCUT2D eigenvalue weighted by Gasteiger charge is -2.12. The minimum atomic E-state index is -0.854. The van der Waals surface area contributed by atoms with E-state index < -0.39 is 22.6 Å². The third kappa shape index (κ3) is 7.74. The SMILES string of the molecule is CC(=O)OC(CC(=O)Cl)CC(=O)Cl. The van der Waals surface area contributed by atoms with E-state index in [9.17, 15) is 14.4 Å². The Balaban J connectivity index is 4.10. The Bertz CT molecular complexity index is 188. The molecule has 0 rings (SSSR count). The summed E-state index contributed by atoms with van der Waals surface area (Å²) in [5.41, 5.74) is 0. The summed E-state index contributed by atoms with van der Waals surface area (Å²) < 4.78 is 4.62. The zero-order chi connectivity index (χ0) is 10.4. The minimum Gasteiger partial charge on any atom is -0.462 e. The Morgan fingerprint density at radius 3 is 1.77 bits per heavy atom. The van der Waals surface area contributed by atoms with E-state index in [0.29, 0.717) is 0 Å². The van der Waals surface area contributed by atoms with E-state index >= 15 is 0 Å². The maximum atomic E-state index is 10.5. The van der Waals surface area contributed by atoms with Gasteiger partial charge in [-0.3, -0.25) is 14.4 Å². The summed E-state index contributed by atoms with van der Waals surface area (Å²) in [6.07, 6.45) is -1.27. The standard InChI is InChI=1S/C7H8Cl2O4/c1-4(10)13-5(2-6(8)11)3-7(9)12/h5H,2-3H2,1H3. The van der Waals surface area contributed by atoms with Crippen molar-refractivity contribution in [2.24, 2.45) is 0 Å². The van der Waals surface area contributed by atoms with Crippen molar-refractivity contribution in [3.05, 3.63) is 0 Å². The fourth-order valence-electron chi connectivity index (χ4n) is 0.748. The number of esters is 1. The van der Waals surface area contributed by atoms with Crippen molar-refractivity contribution in [1.29, 1.82) is 0 Å². The van der Waals surface area contributed by atoms with Crippen molar-refractivity contribution in [3.63, 3.8) is 0 Å². The molecule has 0 fully saturated rings. The molecule has 0 aromatic heterocycles. The molecule has 0 aliphatic rings. The molecule has 13 heavy (non-hydrogen) atoms. The monoisotopic (exact) mass is 226 g/mol. The van der Waals surface area contributed by atoms with Crippen LogP contribution in [0.15, 0.2) is 0 Å². The molecule has 0 saturated carbocycles. The number of halogens is 2. The lowest BCUT2D eigenvalue weighted by molar-refractivity contribution is -0.147. The highest BCUT2D eigenvalue weighted by Crippen LogP contribution is 2.09. The van der Waals surface area contributed by atoms with E-state index in [1.807, 2.05) is 0 Å². The van der Waals surface area contributed by atoms with E-state index in [2.05, 4.69) is 4.74 Å². The first-order chi connectivity index (χ1) is 5.91. The van der Waals surface area contributed by atoms with E-state index in [-0.39, 0.29) is 12.8 Å². The Kier molecular flexibility index (Phi) is 5.66. The smallest absolute Gasteiger partial charge is 0.302 e. The van der Waals surface area contributed by atoms with E-state index in [1.54, 1.807) is 0 Å². The second kappa shape index (κ2) is 5.94. The van der Waals surface area contributed by atoms with Crippen molar-refractivity contribution < 1.29 is 19.1 Å². The zero-order valence-corrected chi connectivity index (χ0v) is 8.39. The van der Waals surface area contributed by atoms with Crippen molar-refractivity contribution in [1.82, 2.24) is 0 Å². The molecule has 0 radical (unpaired) electrons. The molecule has 0 heterocycles. The molecule has 0 amide bonds. The number of carbonyl (C=O) groups excluding carboxylic acids is 3. The molecule has 0 unspecified atom stereocenters. The van der Waals surface area contributed by atoms with E-state index in [4.69, 9.17) is 23.2 Å². The molecule has 0 aliphatic heterocycles. The van der Waals surface area contributed by atoms with Crippen LogP contribution in [-0.4, -0.2) is 22.6 Å². The largest absolute Gasteiger partial charge is 0.462 e. The second-order valence-corrected chi connectivity index (χ2v) is 3.19. The van der Waals surface area contributed by atoms with Crippen LogP contribution in [0.1, 0.15) is 19.8 Å². The molecule has 0 aromatic carbocycles. The van der Waals surface area contributed by atoms with Gasteiger partial charge in [0.15, 0.2) is 0 Å². The van der Waals surface area contributed by atoms with Gasteiger partial charge in [-0.2, -0.15) is 0 Å². The van der Waals surface area contributed by atoms with Crippen molar-refractivity contribution >= 4 is 39.7 Å². The quantitative estimate of drug-likeness (QED) is 0.523. The topological polar surface area (TPSA) is 60.4 Å². The maximum absolute atomic E-state index is 10.5. The molecule has 0 aliphatic carbocycles. The van der Waals surface area contributed by atoms with Gasteiger partial charge in [-0.1, -0.05) is 0 Å². The number of hydrogen-bond donors (Lipinski definition) is 0. The normalized spacial score (nSPS) is 9.85. The summed E-state index contributed by atoms with van der Waals surface area (Å²) in [5.74, 6) is -0.583. The summed E-state index contributed by atoms with van der Waals surface area (Å²) in [4.78, 5) is 31.4. The Labute approximate surface area is 85.1 Å². The van der Waals surface area contributed by atoms with Gasteiger partial charge in [0.2, 0.25) is 10.5 Å². The van der Waals surface area contributed by atoms with Gasteiger partial charge < -0.3 is 4.74 Å². The predicted molar refractivity (Wildman–Crippen MR) is 46.5 cm³/mol. The first-order valence-corrected chi connectivity index (χ1v) is 4.21. The molecular weight excluding hydrogens is 219 g/mol. The molecular formula is C7H8Cl2O4. The third-order valence-electron chi connectivity index (χ3n) is 1.11. The minimum absolute atomic E-state index is 0.209. The van der Waals surface area contributed by atoms with E-state index in [1.165, 1.54) is 6.92 Å². The fraction of sp³-hybridized carbons (Fsp3) is 0.571. The average molecular weight is 227 g/mol. The number of hydrogen-bond acceptors (Lipinski definition) is 4. The lowest BCUT2D eigenvalue weighted by Crippen LogP contribution is -2.20. The van der Waals surface area contributed by atoms with Crippen LogP contribution in [0.2, 0.25) is 0 Å². The van der Waals surface area contributed by atoms with Crippen LogP contribution < -0.4 is 0 Å². The molecule has 6 heteroatoms. The molecule has 0 aromatic rings. The van der Waals surface area contributed by atoms with Crippen LogP contribution in [-0.2, 0) is 19.1 Å². The van der Waals surface area contributed by atoms with Crippen LogP contribution >= 0.6 is 23.2 Å². The lowest BCUT2D eigenvalue weighted by atomic mass is 10.2. The summed E-state index contributed by atoms with van der Waals surface area (Å²) in [7, 11) is 0. The number of rotatable bonds is 5. The summed E-state index contributed by atoms with van der Waals surface area (Å²) in [6, 6.07) is 0. The highest BCUT2D eigenvalue weighted by molar-refractivity contribution is 6.64. The van der Waals surface area contributed by atoms with Gasteiger partial charge in [-0.15, -0.1) is 0 Å². The number of ether oxygens (including phenoxy) is 1. The van der Waals surface area contributed by atoms with Crippen molar-refractivity contribution in [2.75, 3.05) is 0 Å². The summed E-state index contributed by atoms with van der Waals surface area (Å²) in [6.45, 7) is 1.17. The van der Waals surface area contributed by atoms with Gasteiger partial charge in [0, 0.05) is 6.92 Å². The molecule has 4 nitrogen and oxygen atoms in total. The van der Waals surface area contributed by atoms with Crippen molar-refractivity contribution in [2.45, 2.75) is 25.9 Å². The van der Waals surface area contributed by atoms with Crippen LogP contribution in [0.5, 0.6) is 0 Å². The Morgan fingerprint density at radius 1 is 1.15 bits per heavy atom. The highest BCUT2D eigenvalue weighted by Gasteiger charge is 2.18. The molecule has 0 bridgehead atoms. The summed E-state index contributed by atoms with van der Waals surface area (Å²) in [5, 5.41) is -1.35. The molecule has 0 atom stereocenters. The molecule has 0 saturated heterocycles. The summed E-state index contributed by atoms with van der Waals surface area (Å²) >= 11 is 10.1. The second-order valence-electron chi connectivity index (χ2n) is 2.35. The third-order valence-corrected chi connectivity index (χ3v) is 1.42. The van der Waals surface area contributed by atoms with Crippen LogP contribution in [0, 0.1) is 0 Å². The first kappa shape index (κ1) is 12.4. The number of carbonyl (C=O) groups is 3. The molecule has 0 spiro atoms. The van der Waals surface area contributed by atoms with Crippen LogP contribution in [0.25, 0.3) is 0 Å². The maximum Gasteiger partial charge on any atom is 0.302 e. The highest BCUT2D eigenvalue weighted by atomic mass is 35.5. The molecule has 74 valence electrons. The van der Waals surface area contributed by atoms with Gasteiger partial charge in [0.25, 0.3) is 0 Å². The van der Waals surface area contributed by atoms with E-state index in [0.717, 1.165) is 0 Å². The van der Waals surface area contributed by atoms with Crippen molar-refractivity contribution in [3.8, 4) is 0 Å². The van der Waals surface area contributed by atoms with Gasteiger partial charge >= 0.3 is 5.97 Å². The van der Waals surface area contributed by atoms with Crippen LogP contribution in [0.3, 0.4) is 0 Å². The predicted octanol–water partition coefficient (Wildman–Crippen LogP) is 1.23. The Morgan fingerprint density at radius 2 is 1.54 bits per heavy atom. The fourth-order valence-corrected chi connectivity index (χ4v) is 1.09. The van der Waals surface area contributed by atoms with Gasteiger partial charge in [0.1, 0.15) is 6.10 Å².